The summed E-state index contributed by atoms with van der Waals surface area (Å²) >= 11 is 0. The van der Waals surface area contributed by atoms with Crippen LogP contribution in [0.25, 0.3) is 0 Å². The van der Waals surface area contributed by atoms with Crippen molar-refractivity contribution < 1.29 is 14.1 Å². The molecule has 20 heavy (non-hydrogen) atoms. The van der Waals surface area contributed by atoms with E-state index in [1.165, 1.54) is 0 Å². The molecule has 0 radical (unpaired) electrons. The Morgan fingerprint density at radius 2 is 1.80 bits per heavy atom. The van der Waals surface area contributed by atoms with E-state index in [-0.39, 0.29) is 18.4 Å². The Morgan fingerprint density at radius 3 is 2.20 bits per heavy atom. The number of primary amides is 1. The molecule has 0 heterocycles. The summed E-state index contributed by atoms with van der Waals surface area (Å²) in [5.74, 6) is -1.05. The first-order chi connectivity index (χ1) is 9.21. The van der Waals surface area contributed by atoms with Gasteiger partial charge in [0, 0.05) is 25.4 Å². The molecule has 0 aliphatic rings. The van der Waals surface area contributed by atoms with Crippen molar-refractivity contribution in [1.82, 2.24) is 5.32 Å². The first kappa shape index (κ1) is 18.9. The minimum atomic E-state index is -0.427. The van der Waals surface area contributed by atoms with Crippen molar-refractivity contribution >= 4 is 11.8 Å². The molecule has 0 spiro atoms. The van der Waals surface area contributed by atoms with Gasteiger partial charge in [-0.15, -0.1) is 0 Å². The van der Waals surface area contributed by atoms with Gasteiger partial charge in [0.05, 0.1) is 33.6 Å². The number of amides is 2. The number of carbonyl (C=O) groups excluding carboxylic acids is 2. The van der Waals surface area contributed by atoms with Gasteiger partial charge in [-0.2, -0.15) is 0 Å². The highest BCUT2D eigenvalue weighted by molar-refractivity contribution is 5.81. The standard InChI is InChI=1S/C14H30N4O2/c1-5-11(9-12(10-15)13(16)19)14(20)17-7-6-8-18(2,3)4/h11-12H,5-10,15H2,1-4H3,(H2-,16,17,19,20)/p+1. The molecule has 0 aromatic rings. The van der Waals surface area contributed by atoms with E-state index >= 15 is 0 Å². The molecule has 6 heteroatoms. The summed E-state index contributed by atoms with van der Waals surface area (Å²) in [7, 11) is 6.36. The average Bonchev–Trinajstić information content (AvgIpc) is 2.34. The summed E-state index contributed by atoms with van der Waals surface area (Å²) in [5.41, 5.74) is 10.8. The molecule has 0 bridgehead atoms. The molecule has 2 atom stereocenters. The third-order valence-electron chi connectivity index (χ3n) is 3.42. The first-order valence-corrected chi connectivity index (χ1v) is 7.28. The van der Waals surface area contributed by atoms with Crippen LogP contribution >= 0.6 is 0 Å². The van der Waals surface area contributed by atoms with Gasteiger partial charge >= 0.3 is 0 Å². The van der Waals surface area contributed by atoms with Crippen molar-refractivity contribution in [2.75, 3.05) is 40.8 Å². The van der Waals surface area contributed by atoms with Gasteiger partial charge < -0.3 is 21.3 Å². The molecule has 0 aliphatic heterocycles. The second-order valence-electron chi connectivity index (χ2n) is 6.33. The fourth-order valence-electron chi connectivity index (χ4n) is 2.04. The van der Waals surface area contributed by atoms with Crippen LogP contribution in [-0.2, 0) is 9.59 Å². The monoisotopic (exact) mass is 287 g/mol. The number of nitrogens with two attached hydrogens (primary N) is 2. The van der Waals surface area contributed by atoms with Crippen molar-refractivity contribution in [2.24, 2.45) is 23.3 Å². The molecule has 0 aliphatic carbocycles. The number of hydrogen-bond acceptors (Lipinski definition) is 3. The van der Waals surface area contributed by atoms with Gasteiger partial charge in [0.1, 0.15) is 0 Å². The number of hydrogen-bond donors (Lipinski definition) is 3. The normalized spacial score (nSPS) is 14.7. The van der Waals surface area contributed by atoms with Crippen LogP contribution in [-0.4, -0.2) is 57.1 Å². The summed E-state index contributed by atoms with van der Waals surface area (Å²) in [5, 5.41) is 2.93. The molecule has 0 fully saturated rings. The Bertz CT molecular complexity index is 313. The van der Waals surface area contributed by atoms with Crippen LogP contribution in [0.4, 0.5) is 0 Å². The molecule has 0 aromatic heterocycles. The summed E-state index contributed by atoms with van der Waals surface area (Å²) < 4.78 is 0.879. The van der Waals surface area contributed by atoms with Crippen LogP contribution in [0, 0.1) is 11.8 Å². The summed E-state index contributed by atoms with van der Waals surface area (Å²) in [6.07, 6.45) is 2.05. The van der Waals surface area contributed by atoms with Crippen LogP contribution in [0.15, 0.2) is 0 Å². The Kier molecular flexibility index (Phi) is 8.41. The van der Waals surface area contributed by atoms with E-state index in [2.05, 4.69) is 26.5 Å². The van der Waals surface area contributed by atoms with Crippen LogP contribution in [0.2, 0.25) is 0 Å². The number of nitrogens with zero attached hydrogens (tertiary/aromatic N) is 1. The van der Waals surface area contributed by atoms with E-state index in [0.29, 0.717) is 19.4 Å². The maximum absolute atomic E-state index is 12.1. The third-order valence-corrected chi connectivity index (χ3v) is 3.42. The lowest BCUT2D eigenvalue weighted by Gasteiger charge is -2.24. The predicted octanol–water partition coefficient (Wildman–Crippen LogP) is -0.325. The highest BCUT2D eigenvalue weighted by Crippen LogP contribution is 2.15. The van der Waals surface area contributed by atoms with Gasteiger partial charge in [-0.05, 0) is 12.8 Å². The van der Waals surface area contributed by atoms with E-state index in [4.69, 9.17) is 11.5 Å². The molecule has 118 valence electrons. The van der Waals surface area contributed by atoms with Gasteiger partial charge in [-0.1, -0.05) is 6.92 Å². The summed E-state index contributed by atoms with van der Waals surface area (Å²) in [6.45, 7) is 3.80. The number of carbonyl (C=O) groups is 2. The van der Waals surface area contributed by atoms with Gasteiger partial charge in [-0.3, -0.25) is 9.59 Å². The molecule has 5 N–H and O–H groups in total. The van der Waals surface area contributed by atoms with Gasteiger partial charge in [-0.25, -0.2) is 0 Å². The minimum absolute atomic E-state index is 0.00592. The zero-order chi connectivity index (χ0) is 15.8. The van der Waals surface area contributed by atoms with E-state index in [9.17, 15) is 9.59 Å². The lowest BCUT2D eigenvalue weighted by atomic mass is 9.91. The fraction of sp³-hybridized carbons (Fsp3) is 0.857. The van der Waals surface area contributed by atoms with Gasteiger partial charge in [0.25, 0.3) is 0 Å². The van der Waals surface area contributed by atoms with E-state index < -0.39 is 11.8 Å². The van der Waals surface area contributed by atoms with Crippen LogP contribution in [0.5, 0.6) is 0 Å². The largest absolute Gasteiger partial charge is 0.369 e. The quantitative estimate of drug-likeness (QED) is 0.379. The molecule has 2 unspecified atom stereocenters. The molecular weight excluding hydrogens is 256 g/mol. The van der Waals surface area contributed by atoms with E-state index in [1.807, 2.05) is 6.92 Å². The van der Waals surface area contributed by atoms with Crippen molar-refractivity contribution in [1.29, 1.82) is 0 Å². The molecule has 0 aromatic carbocycles. The molecule has 0 rings (SSSR count). The SMILES string of the molecule is CCC(CC(CN)C(N)=O)C(=O)NCCC[N+](C)(C)C. The molecular formula is C14H31N4O2+. The second-order valence-corrected chi connectivity index (χ2v) is 6.33. The van der Waals surface area contributed by atoms with Crippen LogP contribution < -0.4 is 16.8 Å². The lowest BCUT2D eigenvalue weighted by molar-refractivity contribution is -0.870. The molecule has 0 saturated carbocycles. The first-order valence-electron chi connectivity index (χ1n) is 7.28. The van der Waals surface area contributed by atoms with Crippen molar-refractivity contribution in [2.45, 2.75) is 26.2 Å². The van der Waals surface area contributed by atoms with Crippen molar-refractivity contribution in [3.63, 3.8) is 0 Å². The van der Waals surface area contributed by atoms with Crippen LogP contribution in [0.1, 0.15) is 26.2 Å². The highest BCUT2D eigenvalue weighted by Gasteiger charge is 2.23. The maximum Gasteiger partial charge on any atom is 0.223 e. The van der Waals surface area contributed by atoms with Gasteiger partial charge in [0.15, 0.2) is 0 Å². The van der Waals surface area contributed by atoms with Crippen molar-refractivity contribution in [3.05, 3.63) is 0 Å². The number of rotatable bonds is 10. The Morgan fingerprint density at radius 1 is 1.20 bits per heavy atom. The maximum atomic E-state index is 12.1. The number of quaternary nitrogens is 1. The summed E-state index contributed by atoms with van der Waals surface area (Å²) in [6, 6.07) is 0. The van der Waals surface area contributed by atoms with E-state index in [0.717, 1.165) is 17.4 Å². The topological polar surface area (TPSA) is 98.2 Å². The molecule has 2 amide bonds. The van der Waals surface area contributed by atoms with E-state index in [1.54, 1.807) is 0 Å². The Balaban J connectivity index is 4.18. The smallest absolute Gasteiger partial charge is 0.223 e. The van der Waals surface area contributed by atoms with Crippen molar-refractivity contribution in [3.8, 4) is 0 Å². The van der Waals surface area contributed by atoms with Gasteiger partial charge in [0.2, 0.25) is 11.8 Å². The lowest BCUT2D eigenvalue weighted by Crippen LogP contribution is -2.39. The summed E-state index contributed by atoms with van der Waals surface area (Å²) in [4.78, 5) is 23.2. The zero-order valence-electron chi connectivity index (χ0n) is 13.3. The fourth-order valence-corrected chi connectivity index (χ4v) is 2.04. The third kappa shape index (κ3) is 8.12. The molecule has 6 nitrogen and oxygen atoms in total. The second kappa shape index (κ2) is 8.92. The zero-order valence-corrected chi connectivity index (χ0v) is 13.3. The minimum Gasteiger partial charge on any atom is -0.369 e. The van der Waals surface area contributed by atoms with Crippen LogP contribution in [0.3, 0.4) is 0 Å². The number of nitrogens with one attached hydrogen (secondary N) is 1. The average molecular weight is 287 g/mol. The Hall–Kier alpha value is -1.14. The highest BCUT2D eigenvalue weighted by atomic mass is 16.2. The Labute approximate surface area is 122 Å². The predicted molar refractivity (Wildman–Crippen MR) is 80.7 cm³/mol. The molecule has 0 saturated heterocycles.